The van der Waals surface area contributed by atoms with E-state index < -0.39 is 24.4 Å². The molecule has 0 aromatic rings. The summed E-state index contributed by atoms with van der Waals surface area (Å²) in [5.74, 6) is -2.94. The van der Waals surface area contributed by atoms with Gasteiger partial charge >= 0.3 is 11.9 Å². The van der Waals surface area contributed by atoms with Crippen molar-refractivity contribution in [2.45, 2.75) is 162 Å². The maximum Gasteiger partial charge on any atom is 0.327 e. The Bertz CT molecular complexity index is 684. The minimum Gasteiger partial charge on any atom is -0.481 e. The number of hydrogen-bond donors (Lipinski definition) is 2. The van der Waals surface area contributed by atoms with Crippen molar-refractivity contribution in [3.63, 3.8) is 0 Å². The zero-order chi connectivity index (χ0) is 30.0. The summed E-state index contributed by atoms with van der Waals surface area (Å²) in [5, 5.41) is 19.0. The van der Waals surface area contributed by atoms with Crippen molar-refractivity contribution in [3.8, 4) is 0 Å². The third kappa shape index (κ3) is 19.9. The summed E-state index contributed by atoms with van der Waals surface area (Å²) in [7, 11) is 0. The second-order valence-corrected chi connectivity index (χ2v) is 11.2. The van der Waals surface area contributed by atoms with Gasteiger partial charge in [0.05, 0.1) is 6.42 Å². The zero-order valence-electron chi connectivity index (χ0n) is 26.0. The molecular formula is C32H60N2O6. The molecule has 40 heavy (non-hydrogen) atoms. The van der Waals surface area contributed by atoms with E-state index in [1.807, 2.05) is 6.92 Å². The molecule has 0 saturated heterocycles. The van der Waals surface area contributed by atoms with Crippen LogP contribution >= 0.6 is 0 Å². The number of likely N-dealkylation sites (N-methyl/N-ethyl adjacent to an activating group) is 1. The minimum absolute atomic E-state index is 0.00175. The summed E-state index contributed by atoms with van der Waals surface area (Å²) in [6.45, 7) is 6.98. The van der Waals surface area contributed by atoms with E-state index in [1.165, 1.54) is 75.5 Å². The first kappa shape index (κ1) is 37.9. The average Bonchev–Trinajstić information content (AvgIpc) is 2.92. The predicted octanol–water partition coefficient (Wildman–Crippen LogP) is 7.43. The summed E-state index contributed by atoms with van der Waals surface area (Å²) in [5.41, 5.74) is 0. The van der Waals surface area contributed by atoms with Gasteiger partial charge in [-0.25, -0.2) is 4.79 Å². The smallest absolute Gasteiger partial charge is 0.327 e. The highest BCUT2D eigenvalue weighted by Gasteiger charge is 2.32. The van der Waals surface area contributed by atoms with Gasteiger partial charge in [0.25, 0.3) is 0 Å². The summed E-state index contributed by atoms with van der Waals surface area (Å²) in [4.78, 5) is 52.0. The fourth-order valence-corrected chi connectivity index (χ4v) is 5.11. The molecule has 0 fully saturated rings. The van der Waals surface area contributed by atoms with Gasteiger partial charge in [-0.1, -0.05) is 117 Å². The van der Waals surface area contributed by atoms with Crippen LogP contribution in [0.5, 0.6) is 0 Å². The fraction of sp³-hybridized carbons (Fsp3) is 0.875. The van der Waals surface area contributed by atoms with Crippen molar-refractivity contribution in [3.05, 3.63) is 0 Å². The minimum atomic E-state index is -1.44. The average molecular weight is 569 g/mol. The third-order valence-corrected chi connectivity index (χ3v) is 7.68. The third-order valence-electron chi connectivity index (χ3n) is 7.68. The highest BCUT2D eigenvalue weighted by Crippen LogP contribution is 2.15. The fourth-order valence-electron chi connectivity index (χ4n) is 5.11. The van der Waals surface area contributed by atoms with Crippen LogP contribution in [0.1, 0.15) is 156 Å². The Labute approximate surface area is 244 Å². The van der Waals surface area contributed by atoms with Gasteiger partial charge in [0.2, 0.25) is 11.8 Å². The van der Waals surface area contributed by atoms with Crippen LogP contribution in [-0.4, -0.2) is 69.4 Å². The maximum absolute atomic E-state index is 13.1. The van der Waals surface area contributed by atoms with Gasteiger partial charge in [-0.2, -0.15) is 0 Å². The Morgan fingerprint density at radius 2 is 0.950 bits per heavy atom. The molecule has 1 atom stereocenters. The number of unbranched alkanes of at least 4 members (excludes halogenated alkanes) is 16. The Morgan fingerprint density at radius 1 is 0.550 bits per heavy atom. The summed E-state index contributed by atoms with van der Waals surface area (Å²) in [6.07, 6.45) is 20.4. The van der Waals surface area contributed by atoms with E-state index in [2.05, 4.69) is 13.8 Å². The lowest BCUT2D eigenvalue weighted by Gasteiger charge is -2.31. The molecule has 0 aliphatic carbocycles. The van der Waals surface area contributed by atoms with Crippen LogP contribution in [0.25, 0.3) is 0 Å². The molecule has 0 aromatic carbocycles. The van der Waals surface area contributed by atoms with Crippen LogP contribution in [0.4, 0.5) is 0 Å². The molecule has 0 saturated carbocycles. The Morgan fingerprint density at radius 3 is 1.32 bits per heavy atom. The van der Waals surface area contributed by atoms with Crippen molar-refractivity contribution >= 4 is 23.8 Å². The molecule has 1 unspecified atom stereocenters. The number of carboxylic acids is 2. The second kappa shape index (κ2) is 25.8. The molecule has 8 nitrogen and oxygen atoms in total. The number of rotatable bonds is 28. The number of aliphatic carboxylic acids is 2. The van der Waals surface area contributed by atoms with Crippen molar-refractivity contribution < 1.29 is 29.4 Å². The molecule has 2 amide bonds. The van der Waals surface area contributed by atoms with E-state index in [-0.39, 0.29) is 31.3 Å². The summed E-state index contributed by atoms with van der Waals surface area (Å²) in [6, 6.07) is -1.44. The molecule has 0 aromatic heterocycles. The number of nitrogens with zero attached hydrogens (tertiary/aromatic N) is 2. The lowest BCUT2D eigenvalue weighted by molar-refractivity contribution is -0.155. The van der Waals surface area contributed by atoms with Crippen molar-refractivity contribution in [1.82, 2.24) is 9.80 Å². The zero-order valence-corrected chi connectivity index (χ0v) is 26.0. The Kier molecular flexibility index (Phi) is 24.5. The lowest BCUT2D eigenvalue weighted by atomic mass is 10.1. The van der Waals surface area contributed by atoms with Crippen LogP contribution in [0, 0.1) is 0 Å². The molecule has 0 bridgehead atoms. The number of carbonyl (C=O) groups is 4. The molecule has 0 spiro atoms. The van der Waals surface area contributed by atoms with Gasteiger partial charge in [-0.05, 0) is 19.8 Å². The molecule has 2 N–H and O–H groups in total. The first-order chi connectivity index (χ1) is 19.3. The summed E-state index contributed by atoms with van der Waals surface area (Å²) < 4.78 is 0. The van der Waals surface area contributed by atoms with E-state index >= 15 is 0 Å². The normalized spacial score (nSPS) is 11.8. The van der Waals surface area contributed by atoms with Gasteiger partial charge < -0.3 is 20.0 Å². The first-order valence-corrected chi connectivity index (χ1v) is 16.3. The standard InChI is InChI=1S/C32H60N2O6/c1-4-7-9-11-13-15-17-19-21-23-29(35)33(6-3)25-26-34(28(32(39)40)27-31(37)38)30(36)24-22-20-18-16-14-12-10-8-5-2/h28H,4-27H2,1-3H3,(H,37,38)(H,39,40). The lowest BCUT2D eigenvalue weighted by Crippen LogP contribution is -2.49. The quantitative estimate of drug-likeness (QED) is 0.0948. The molecular weight excluding hydrogens is 508 g/mol. The second-order valence-electron chi connectivity index (χ2n) is 11.2. The Hall–Kier alpha value is -2.12. The van der Waals surface area contributed by atoms with Gasteiger partial charge in [-0.3, -0.25) is 14.4 Å². The number of hydrogen-bond acceptors (Lipinski definition) is 4. The molecule has 0 radical (unpaired) electrons. The van der Waals surface area contributed by atoms with E-state index in [0.717, 1.165) is 38.5 Å². The van der Waals surface area contributed by atoms with Gasteiger partial charge in [0, 0.05) is 32.5 Å². The van der Waals surface area contributed by atoms with E-state index in [4.69, 9.17) is 0 Å². The molecule has 0 aliphatic heterocycles. The molecule has 8 heteroatoms. The van der Waals surface area contributed by atoms with Gasteiger partial charge in [0.1, 0.15) is 6.04 Å². The van der Waals surface area contributed by atoms with E-state index in [0.29, 0.717) is 19.4 Å². The van der Waals surface area contributed by atoms with Crippen molar-refractivity contribution in [1.29, 1.82) is 0 Å². The highest BCUT2D eigenvalue weighted by molar-refractivity contribution is 5.87. The number of amides is 2. The SMILES string of the molecule is CCCCCCCCCCCC(=O)N(CC)CCN(C(=O)CCCCCCCCCCC)C(CC(=O)O)C(=O)O. The van der Waals surface area contributed by atoms with Gasteiger partial charge in [-0.15, -0.1) is 0 Å². The van der Waals surface area contributed by atoms with Crippen LogP contribution in [0.3, 0.4) is 0 Å². The van der Waals surface area contributed by atoms with Crippen LogP contribution in [0.2, 0.25) is 0 Å². The molecule has 0 rings (SSSR count). The van der Waals surface area contributed by atoms with Crippen LogP contribution in [-0.2, 0) is 19.2 Å². The summed E-state index contributed by atoms with van der Waals surface area (Å²) >= 11 is 0. The molecule has 0 aliphatic rings. The molecule has 234 valence electrons. The monoisotopic (exact) mass is 568 g/mol. The number of carboxylic acid groups (broad SMARTS) is 2. The largest absolute Gasteiger partial charge is 0.481 e. The van der Waals surface area contributed by atoms with Crippen molar-refractivity contribution in [2.24, 2.45) is 0 Å². The number of carbonyl (C=O) groups excluding carboxylic acids is 2. The van der Waals surface area contributed by atoms with Gasteiger partial charge in [0.15, 0.2) is 0 Å². The van der Waals surface area contributed by atoms with E-state index in [9.17, 15) is 29.4 Å². The highest BCUT2D eigenvalue weighted by atomic mass is 16.4. The van der Waals surface area contributed by atoms with Crippen LogP contribution in [0.15, 0.2) is 0 Å². The first-order valence-electron chi connectivity index (χ1n) is 16.3. The Balaban J connectivity index is 4.73. The van der Waals surface area contributed by atoms with Crippen molar-refractivity contribution in [2.75, 3.05) is 19.6 Å². The van der Waals surface area contributed by atoms with Crippen LogP contribution < -0.4 is 0 Å². The predicted molar refractivity (Wildman–Crippen MR) is 161 cm³/mol. The maximum atomic E-state index is 13.1. The topological polar surface area (TPSA) is 115 Å². The molecule has 0 heterocycles. The van der Waals surface area contributed by atoms with E-state index in [1.54, 1.807) is 4.90 Å².